The van der Waals surface area contributed by atoms with Crippen LogP contribution in [-0.2, 0) is 25.6 Å². The maximum atomic E-state index is 14.3. The van der Waals surface area contributed by atoms with E-state index in [4.69, 9.17) is 19.6 Å². The minimum absolute atomic E-state index is 0.000339. The Morgan fingerprint density at radius 2 is 1.90 bits per heavy atom. The first-order chi connectivity index (χ1) is 30.7. The number of aromatic nitrogens is 7. The lowest BCUT2D eigenvalue weighted by Crippen LogP contribution is -2.40. The minimum Gasteiger partial charge on any atom is -0.374 e. The molecule has 16 nitrogen and oxygen atoms in total. The summed E-state index contributed by atoms with van der Waals surface area (Å²) in [6.45, 7) is 7.19. The number of piperidine rings is 2. The molecule has 1 aromatic carbocycles. The zero-order chi connectivity index (χ0) is 43.2. The molecule has 4 aliphatic heterocycles. The highest BCUT2D eigenvalue weighted by Crippen LogP contribution is 2.37. The van der Waals surface area contributed by atoms with Gasteiger partial charge in [-0.3, -0.25) is 29.1 Å². The topological polar surface area (TPSA) is 166 Å². The van der Waals surface area contributed by atoms with Gasteiger partial charge >= 0.3 is 0 Å². The first kappa shape index (κ1) is 41.3. The molecule has 2 N–H and O–H groups in total. The second kappa shape index (κ2) is 17.4. The molecule has 63 heavy (non-hydrogen) atoms. The number of rotatable bonds is 11. The van der Waals surface area contributed by atoms with Crippen molar-refractivity contribution in [3.05, 3.63) is 65.4 Å². The first-order valence-electron chi connectivity index (χ1n) is 22.3. The van der Waals surface area contributed by atoms with Crippen molar-refractivity contribution < 1.29 is 32.6 Å². The van der Waals surface area contributed by atoms with Gasteiger partial charge in [-0.05, 0) is 76.3 Å². The number of imide groups is 1. The Morgan fingerprint density at radius 1 is 1.06 bits per heavy atom. The number of benzene rings is 1. The van der Waals surface area contributed by atoms with Gasteiger partial charge < -0.3 is 24.6 Å². The number of hydrogen-bond donors (Lipinski definition) is 2. The molecule has 4 saturated heterocycles. The Labute approximate surface area is 362 Å². The lowest BCUT2D eigenvalue weighted by atomic mass is 9.85. The highest BCUT2D eigenvalue weighted by molar-refractivity contribution is 6.08. The number of amides is 3. The quantitative estimate of drug-likeness (QED) is 0.132. The third-order valence-electron chi connectivity index (χ3n) is 13.5. The Kier molecular flexibility index (Phi) is 11.4. The third kappa shape index (κ3) is 8.29. The molecule has 0 radical (unpaired) electrons. The molecule has 1 aliphatic carbocycles. The van der Waals surface area contributed by atoms with Crippen LogP contribution in [0.25, 0.3) is 16.6 Å². The van der Waals surface area contributed by atoms with E-state index in [1.165, 1.54) is 10.7 Å². The highest BCUT2D eigenvalue weighted by Gasteiger charge is 2.40. The average molecular weight is 864 g/mol. The molecule has 0 spiro atoms. The number of carbonyl (C=O) groups is 3. The zero-order valence-electron chi connectivity index (χ0n) is 35.2. The summed E-state index contributed by atoms with van der Waals surface area (Å²) in [5, 5.41) is 19.4. The van der Waals surface area contributed by atoms with Crippen LogP contribution in [0.1, 0.15) is 110 Å². The number of fused-ring (bicyclic) bond motifs is 4. The molecule has 5 fully saturated rings. The number of nitrogens with one attached hydrogen (secondary N) is 2. The normalized spacial score (nSPS) is 24.4. The van der Waals surface area contributed by atoms with Crippen molar-refractivity contribution in [3.8, 4) is 11.8 Å². The number of likely N-dealkylation sites (tertiary alicyclic amines) is 1. The number of hydrogen-bond acceptors (Lipinski definition) is 11. The number of halogens is 2. The van der Waals surface area contributed by atoms with Crippen LogP contribution < -0.4 is 15.5 Å². The summed E-state index contributed by atoms with van der Waals surface area (Å²) >= 11 is 0. The van der Waals surface area contributed by atoms with E-state index in [2.05, 4.69) is 42.5 Å². The van der Waals surface area contributed by atoms with Crippen LogP contribution >= 0.6 is 0 Å². The number of carbonyl (C=O) groups excluding carboxylic acids is 3. The molecule has 5 aromatic rings. The fourth-order valence-electron chi connectivity index (χ4n) is 10.2. The summed E-state index contributed by atoms with van der Waals surface area (Å²) in [5.74, 6) is 6.14. The third-order valence-corrected chi connectivity index (χ3v) is 13.5. The first-order valence-corrected chi connectivity index (χ1v) is 22.3. The Balaban J connectivity index is 0.698. The molecule has 4 aromatic heterocycles. The summed E-state index contributed by atoms with van der Waals surface area (Å²) in [6.07, 6.45) is 9.25. The molecule has 3 atom stereocenters. The van der Waals surface area contributed by atoms with Crippen LogP contribution in [0, 0.1) is 17.8 Å². The number of aryl methyl sites for hydroxylation is 1. The second-order valence-corrected chi connectivity index (χ2v) is 17.5. The second-order valence-electron chi connectivity index (χ2n) is 17.5. The summed E-state index contributed by atoms with van der Waals surface area (Å²) in [5.41, 5.74) is 2.51. The summed E-state index contributed by atoms with van der Waals surface area (Å²) < 4.78 is 45.6. The maximum Gasteiger partial charge on any atom is 0.284 e. The van der Waals surface area contributed by atoms with Gasteiger partial charge in [-0.25, -0.2) is 18.3 Å². The molecule has 1 saturated carbocycles. The molecule has 18 heteroatoms. The monoisotopic (exact) mass is 863 g/mol. The zero-order valence-corrected chi connectivity index (χ0v) is 35.2. The van der Waals surface area contributed by atoms with E-state index in [0.717, 1.165) is 93.4 Å². The van der Waals surface area contributed by atoms with Crippen molar-refractivity contribution in [2.24, 2.45) is 5.92 Å². The number of anilines is 2. The number of para-hydroxylation sites is 1. The molecule has 5 aliphatic rings. The standard InChI is InChI=1S/C45H51F2N11O5/c1-2-56-41-28(5-3-7-33(41)39(52-56)34-12-13-38(59)51-44(34)60)6-4-20-62-31-14-17-54(18-15-31)23-27-8-10-29(11-9-27)58-25-36(40(53-58)42(46)47)49-45(61)35-22-48-57-19-16-37(50-43(35)57)55-24-32-21-30(55)26-63-32/h3,5,7,16,19,22,25,27,29-32,34,42H,2,8-15,17-18,20-21,23-24,26H2,1H3,(H,49,61)(H,51,59,60)/t27?,29?,30-,32-,34?/m1/s1. The Hall–Kier alpha value is -5.77. The van der Waals surface area contributed by atoms with Gasteiger partial charge in [-0.2, -0.15) is 15.3 Å². The maximum absolute atomic E-state index is 14.3. The van der Waals surface area contributed by atoms with Crippen LogP contribution in [0.3, 0.4) is 0 Å². The lowest BCUT2D eigenvalue weighted by molar-refractivity contribution is -0.134. The van der Waals surface area contributed by atoms with E-state index in [-0.39, 0.29) is 47.4 Å². The van der Waals surface area contributed by atoms with Gasteiger partial charge in [0.1, 0.15) is 18.0 Å². The molecule has 2 bridgehead atoms. The van der Waals surface area contributed by atoms with Gasteiger partial charge in [0.2, 0.25) is 11.8 Å². The predicted octanol–water partition coefficient (Wildman–Crippen LogP) is 5.25. The SMILES string of the molecule is CCn1nc(C2CCC(=O)NC2=O)c2cccc(C#CCOC3CCN(CC4CCC(n5cc(NC(=O)c6cnn7ccc(N8C[C@H]9C[C@@H]8CO9)nc67)c(C(F)F)n5)CC4)CC3)c21. The minimum atomic E-state index is -2.85. The van der Waals surface area contributed by atoms with Crippen LogP contribution in [-0.4, -0.2) is 114 Å². The van der Waals surface area contributed by atoms with Crippen LogP contribution in [0.5, 0.6) is 0 Å². The fourth-order valence-corrected chi connectivity index (χ4v) is 10.2. The van der Waals surface area contributed by atoms with Crippen molar-refractivity contribution in [2.45, 2.75) is 108 Å². The number of alkyl halides is 2. The van der Waals surface area contributed by atoms with Crippen LogP contribution in [0.15, 0.2) is 42.9 Å². The predicted molar refractivity (Wildman–Crippen MR) is 227 cm³/mol. The molecule has 8 heterocycles. The van der Waals surface area contributed by atoms with Crippen LogP contribution in [0.4, 0.5) is 20.3 Å². The average Bonchev–Trinajstić information content (AvgIpc) is 4.15. The van der Waals surface area contributed by atoms with Gasteiger partial charge in [0, 0.05) is 56.9 Å². The van der Waals surface area contributed by atoms with Gasteiger partial charge in [-0.1, -0.05) is 24.0 Å². The van der Waals surface area contributed by atoms with Crippen LogP contribution in [0.2, 0.25) is 0 Å². The number of nitrogens with zero attached hydrogens (tertiary/aromatic N) is 9. The van der Waals surface area contributed by atoms with E-state index in [1.807, 2.05) is 35.9 Å². The molecule has 330 valence electrons. The van der Waals surface area contributed by atoms with Crippen molar-refractivity contribution in [3.63, 3.8) is 0 Å². The van der Waals surface area contributed by atoms with Gasteiger partial charge in [0.25, 0.3) is 12.3 Å². The molecule has 1 unspecified atom stereocenters. The number of ether oxygens (including phenoxy) is 2. The van der Waals surface area contributed by atoms with Crippen molar-refractivity contribution in [2.75, 3.05) is 49.6 Å². The largest absolute Gasteiger partial charge is 0.374 e. The molecular weight excluding hydrogens is 813 g/mol. The summed E-state index contributed by atoms with van der Waals surface area (Å²) in [7, 11) is 0. The van der Waals surface area contributed by atoms with Gasteiger partial charge in [0.15, 0.2) is 11.3 Å². The summed E-state index contributed by atoms with van der Waals surface area (Å²) in [4.78, 5) is 47.4. The molecule has 10 rings (SSSR count). The van der Waals surface area contributed by atoms with E-state index in [9.17, 15) is 23.2 Å². The molecule has 3 amide bonds. The van der Waals surface area contributed by atoms with Gasteiger partial charge in [-0.15, -0.1) is 0 Å². The van der Waals surface area contributed by atoms with Gasteiger partial charge in [0.05, 0.1) is 65.5 Å². The van der Waals surface area contributed by atoms with Crippen molar-refractivity contribution in [1.29, 1.82) is 0 Å². The van der Waals surface area contributed by atoms with E-state index in [0.29, 0.717) is 49.9 Å². The Morgan fingerprint density at radius 3 is 2.65 bits per heavy atom. The molecular formula is C45H51F2N11O5. The van der Waals surface area contributed by atoms with E-state index in [1.54, 1.807) is 17.1 Å². The Bertz CT molecular complexity index is 2600. The van der Waals surface area contributed by atoms with E-state index >= 15 is 0 Å². The number of morpholine rings is 1. The smallest absolute Gasteiger partial charge is 0.284 e. The summed E-state index contributed by atoms with van der Waals surface area (Å²) in [6, 6.07) is 7.93. The fraction of sp³-hybridized carbons (Fsp3) is 0.533. The van der Waals surface area contributed by atoms with Crippen molar-refractivity contribution in [1.82, 2.24) is 44.4 Å². The highest BCUT2D eigenvalue weighted by atomic mass is 19.3. The van der Waals surface area contributed by atoms with Crippen molar-refractivity contribution >= 4 is 45.8 Å². The lowest BCUT2D eigenvalue weighted by Gasteiger charge is -2.36. The van der Waals surface area contributed by atoms with E-state index < -0.39 is 23.9 Å².